The van der Waals surface area contributed by atoms with Crippen molar-refractivity contribution in [3.8, 4) is 0 Å². The van der Waals surface area contributed by atoms with Crippen molar-refractivity contribution in [1.82, 2.24) is 15.5 Å². The largest absolute Gasteiger partial charge is 0.338 e. The van der Waals surface area contributed by atoms with Crippen molar-refractivity contribution in [2.24, 2.45) is 0 Å². The fourth-order valence-electron chi connectivity index (χ4n) is 1.89. The van der Waals surface area contributed by atoms with Crippen LogP contribution in [0.3, 0.4) is 0 Å². The Bertz CT molecular complexity index is 205. The van der Waals surface area contributed by atoms with Crippen molar-refractivity contribution in [2.45, 2.75) is 59.4 Å². The molecule has 4 nitrogen and oxygen atoms in total. The number of nitrogens with zero attached hydrogens (tertiary/aromatic N) is 1. The van der Waals surface area contributed by atoms with Gasteiger partial charge in [-0.1, -0.05) is 27.2 Å². The van der Waals surface area contributed by atoms with Crippen LogP contribution < -0.4 is 10.6 Å². The number of unbranched alkanes of at least 4 members (excludes halogenated alkanes) is 1. The maximum Gasteiger partial charge on any atom is 0.314 e. The average molecular weight is 257 g/mol. The van der Waals surface area contributed by atoms with E-state index in [-0.39, 0.29) is 12.1 Å². The van der Waals surface area contributed by atoms with Gasteiger partial charge in [0.2, 0.25) is 0 Å². The van der Waals surface area contributed by atoms with E-state index in [1.807, 2.05) is 0 Å². The summed E-state index contributed by atoms with van der Waals surface area (Å²) in [5.74, 6) is 0. The van der Waals surface area contributed by atoms with Crippen LogP contribution in [0.4, 0.5) is 4.79 Å². The Labute approximate surface area is 113 Å². The third-order valence-corrected chi connectivity index (χ3v) is 3.20. The van der Waals surface area contributed by atoms with Gasteiger partial charge >= 0.3 is 6.03 Å². The predicted octanol–water partition coefficient (Wildman–Crippen LogP) is 2.60. The molecule has 0 saturated carbocycles. The lowest BCUT2D eigenvalue weighted by molar-refractivity contribution is 0.235. The molecule has 0 aromatic rings. The molecule has 18 heavy (non-hydrogen) atoms. The van der Waals surface area contributed by atoms with Crippen LogP contribution in [0.2, 0.25) is 0 Å². The molecule has 0 aromatic heterocycles. The van der Waals surface area contributed by atoms with Gasteiger partial charge in [0, 0.05) is 12.6 Å². The smallest absolute Gasteiger partial charge is 0.314 e. The molecule has 4 heteroatoms. The first kappa shape index (κ1) is 17.2. The third kappa shape index (κ3) is 9.28. The predicted molar refractivity (Wildman–Crippen MR) is 77.9 cm³/mol. The summed E-state index contributed by atoms with van der Waals surface area (Å²) < 4.78 is 0. The highest BCUT2D eigenvalue weighted by Crippen LogP contribution is 1.99. The number of carbonyl (C=O) groups excluding carboxylic acids is 1. The van der Waals surface area contributed by atoms with E-state index in [1.165, 1.54) is 0 Å². The second-order valence-corrected chi connectivity index (χ2v) is 4.82. The molecule has 0 spiro atoms. The number of amides is 2. The minimum atomic E-state index is -0.0289. The van der Waals surface area contributed by atoms with Crippen molar-refractivity contribution in [3.05, 3.63) is 0 Å². The molecule has 1 unspecified atom stereocenters. The van der Waals surface area contributed by atoms with Crippen molar-refractivity contribution < 1.29 is 4.79 Å². The zero-order valence-corrected chi connectivity index (χ0v) is 12.6. The quantitative estimate of drug-likeness (QED) is 0.591. The maximum atomic E-state index is 11.5. The zero-order chi connectivity index (χ0) is 13.8. The molecule has 0 saturated heterocycles. The van der Waals surface area contributed by atoms with E-state index in [0.717, 1.165) is 51.9 Å². The van der Waals surface area contributed by atoms with Crippen molar-refractivity contribution in [3.63, 3.8) is 0 Å². The maximum absolute atomic E-state index is 11.5. The van der Waals surface area contributed by atoms with E-state index < -0.39 is 0 Å². The Balaban J connectivity index is 3.57. The fourth-order valence-corrected chi connectivity index (χ4v) is 1.89. The van der Waals surface area contributed by atoms with Crippen LogP contribution in [0.1, 0.15) is 53.4 Å². The van der Waals surface area contributed by atoms with E-state index in [0.29, 0.717) is 0 Å². The van der Waals surface area contributed by atoms with Crippen LogP contribution in [0.25, 0.3) is 0 Å². The Morgan fingerprint density at radius 2 is 1.83 bits per heavy atom. The van der Waals surface area contributed by atoms with Crippen molar-refractivity contribution in [2.75, 3.05) is 26.2 Å². The van der Waals surface area contributed by atoms with Gasteiger partial charge in [-0.05, 0) is 45.8 Å². The average Bonchev–Trinajstić information content (AvgIpc) is 2.35. The highest BCUT2D eigenvalue weighted by atomic mass is 16.2. The van der Waals surface area contributed by atoms with Gasteiger partial charge in [-0.25, -0.2) is 4.79 Å². The van der Waals surface area contributed by atoms with E-state index >= 15 is 0 Å². The Morgan fingerprint density at radius 3 is 2.39 bits per heavy atom. The van der Waals surface area contributed by atoms with Crippen molar-refractivity contribution in [1.29, 1.82) is 0 Å². The minimum absolute atomic E-state index is 0.0289. The summed E-state index contributed by atoms with van der Waals surface area (Å²) in [5.41, 5.74) is 0. The first-order valence-corrected chi connectivity index (χ1v) is 7.40. The van der Waals surface area contributed by atoms with E-state index in [2.05, 4.69) is 43.2 Å². The topological polar surface area (TPSA) is 44.4 Å². The number of nitrogens with one attached hydrogen (secondary N) is 2. The zero-order valence-electron chi connectivity index (χ0n) is 12.6. The first-order chi connectivity index (χ1) is 8.63. The normalized spacial score (nSPS) is 12.5. The molecule has 0 aliphatic rings. The Morgan fingerprint density at radius 1 is 1.17 bits per heavy atom. The molecule has 0 aliphatic carbocycles. The lowest BCUT2D eigenvalue weighted by Gasteiger charge is -2.19. The van der Waals surface area contributed by atoms with Crippen LogP contribution in [0.15, 0.2) is 0 Å². The van der Waals surface area contributed by atoms with E-state index in [4.69, 9.17) is 0 Å². The molecule has 2 amide bonds. The minimum Gasteiger partial charge on any atom is -0.338 e. The van der Waals surface area contributed by atoms with Crippen LogP contribution in [0, 0.1) is 0 Å². The van der Waals surface area contributed by atoms with Crippen LogP contribution in [0.5, 0.6) is 0 Å². The highest BCUT2D eigenvalue weighted by Gasteiger charge is 2.07. The molecule has 2 N–H and O–H groups in total. The van der Waals surface area contributed by atoms with E-state index in [1.54, 1.807) is 0 Å². The second-order valence-electron chi connectivity index (χ2n) is 4.82. The van der Waals surface area contributed by atoms with Crippen LogP contribution >= 0.6 is 0 Å². The van der Waals surface area contributed by atoms with Gasteiger partial charge in [0.1, 0.15) is 0 Å². The first-order valence-electron chi connectivity index (χ1n) is 7.40. The molecular weight excluding hydrogens is 226 g/mol. The third-order valence-electron chi connectivity index (χ3n) is 3.20. The fraction of sp³-hybridized carbons (Fsp3) is 0.929. The second kappa shape index (κ2) is 11.3. The molecule has 108 valence electrons. The molecule has 0 aromatic carbocycles. The van der Waals surface area contributed by atoms with Gasteiger partial charge in [-0.2, -0.15) is 0 Å². The van der Waals surface area contributed by atoms with Gasteiger partial charge in [-0.3, -0.25) is 0 Å². The molecule has 1 atom stereocenters. The number of hydrogen-bond acceptors (Lipinski definition) is 2. The van der Waals surface area contributed by atoms with Crippen molar-refractivity contribution >= 4 is 6.03 Å². The van der Waals surface area contributed by atoms with Gasteiger partial charge < -0.3 is 15.5 Å². The van der Waals surface area contributed by atoms with E-state index in [9.17, 15) is 4.79 Å². The summed E-state index contributed by atoms with van der Waals surface area (Å²) in [5, 5.41) is 5.86. The molecule has 0 rings (SSSR count). The van der Waals surface area contributed by atoms with Crippen LogP contribution in [-0.4, -0.2) is 43.2 Å². The Hall–Kier alpha value is -0.770. The molecule has 0 bridgehead atoms. The van der Waals surface area contributed by atoms with Gasteiger partial charge in [0.15, 0.2) is 0 Å². The number of urea groups is 1. The number of carbonyl (C=O) groups is 1. The van der Waals surface area contributed by atoms with Gasteiger partial charge in [0.05, 0.1) is 0 Å². The summed E-state index contributed by atoms with van der Waals surface area (Å²) in [4.78, 5) is 13.9. The molecule has 0 aliphatic heterocycles. The number of hydrogen-bond donors (Lipinski definition) is 2. The summed E-state index contributed by atoms with van der Waals surface area (Å²) in [6.07, 6.45) is 4.33. The highest BCUT2D eigenvalue weighted by molar-refractivity contribution is 5.74. The molecule has 0 heterocycles. The number of rotatable bonds is 10. The monoisotopic (exact) mass is 257 g/mol. The lowest BCUT2D eigenvalue weighted by atomic mass is 10.2. The molecule has 0 radical (unpaired) electrons. The molecule has 0 fully saturated rings. The summed E-state index contributed by atoms with van der Waals surface area (Å²) >= 11 is 0. The Kier molecular flexibility index (Phi) is 10.8. The summed E-state index contributed by atoms with van der Waals surface area (Å²) in [7, 11) is 0. The van der Waals surface area contributed by atoms with Gasteiger partial charge in [0.25, 0.3) is 0 Å². The summed E-state index contributed by atoms with van der Waals surface area (Å²) in [6, 6.07) is 0.223. The SMILES string of the molecule is CCCCNC(=O)NC(C)CCCN(CC)CC. The van der Waals surface area contributed by atoms with Gasteiger partial charge in [-0.15, -0.1) is 0 Å². The molecular formula is C14H31N3O. The van der Waals surface area contributed by atoms with Crippen LogP contribution in [-0.2, 0) is 0 Å². The lowest BCUT2D eigenvalue weighted by Crippen LogP contribution is -2.41. The summed E-state index contributed by atoms with van der Waals surface area (Å²) in [6.45, 7) is 12.7. The standard InChI is InChI=1S/C14H31N3O/c1-5-8-11-15-14(18)16-13(4)10-9-12-17(6-2)7-3/h13H,5-12H2,1-4H3,(H2,15,16,18).